The lowest BCUT2D eigenvalue weighted by Gasteiger charge is -2.16. The molecule has 1 N–H and O–H groups in total. The van der Waals surface area contributed by atoms with Gasteiger partial charge in [0.1, 0.15) is 11.5 Å². The van der Waals surface area contributed by atoms with Crippen molar-refractivity contribution < 1.29 is 23.0 Å². The predicted molar refractivity (Wildman–Crippen MR) is 112 cm³/mol. The van der Waals surface area contributed by atoms with Crippen LogP contribution >= 0.6 is 0 Å². The van der Waals surface area contributed by atoms with Crippen molar-refractivity contribution >= 4 is 5.91 Å². The van der Waals surface area contributed by atoms with Crippen LogP contribution in [0.25, 0.3) is 0 Å². The van der Waals surface area contributed by atoms with Crippen molar-refractivity contribution in [1.29, 1.82) is 0 Å². The Morgan fingerprint density at radius 2 is 1.90 bits per heavy atom. The van der Waals surface area contributed by atoms with Gasteiger partial charge in [0.25, 0.3) is 5.92 Å². The highest BCUT2D eigenvalue weighted by Crippen LogP contribution is 2.48. The van der Waals surface area contributed by atoms with Gasteiger partial charge < -0.3 is 14.8 Å². The van der Waals surface area contributed by atoms with Crippen LogP contribution in [0.4, 0.5) is 8.78 Å². The standard InChI is InChI=1S/C24H28F2N2O3/c1-15(28-16(2)29)17-3-6-20(7-4-17)31-21-8-5-18(11-21)23-10-9-22(13-27-23)30-14-19-12-24(19,25)26/h3-4,6-7,9-10,13,15,18-19,21H,5,8,11-12,14H2,1-2H3,(H,28,29)/t15-,18?,19?,21+/m0/s1. The summed E-state index contributed by atoms with van der Waals surface area (Å²) in [6.45, 7) is 3.49. The molecular formula is C24H28F2N2O3. The summed E-state index contributed by atoms with van der Waals surface area (Å²) in [6, 6.07) is 11.5. The molecular weight excluding hydrogens is 402 g/mol. The summed E-state index contributed by atoms with van der Waals surface area (Å²) in [5.74, 6) is -1.62. The summed E-state index contributed by atoms with van der Waals surface area (Å²) in [7, 11) is 0. The second kappa shape index (κ2) is 8.81. The predicted octanol–water partition coefficient (Wildman–Crippen LogP) is 5.03. The van der Waals surface area contributed by atoms with Gasteiger partial charge in [-0.3, -0.25) is 9.78 Å². The topological polar surface area (TPSA) is 60.5 Å². The fourth-order valence-corrected chi connectivity index (χ4v) is 4.10. The Kier molecular flexibility index (Phi) is 6.12. The maximum Gasteiger partial charge on any atom is 0.255 e. The van der Waals surface area contributed by atoms with Gasteiger partial charge in [-0.2, -0.15) is 0 Å². The molecule has 2 aliphatic rings. The third kappa shape index (κ3) is 5.51. The number of rotatable bonds is 8. The molecule has 1 heterocycles. The van der Waals surface area contributed by atoms with Crippen molar-refractivity contribution in [3.8, 4) is 11.5 Å². The molecule has 7 heteroatoms. The van der Waals surface area contributed by atoms with Gasteiger partial charge in [0.05, 0.1) is 30.9 Å². The molecule has 1 amide bonds. The Hall–Kier alpha value is -2.70. The zero-order valence-electron chi connectivity index (χ0n) is 17.8. The molecule has 0 spiro atoms. The summed E-state index contributed by atoms with van der Waals surface area (Å²) < 4.78 is 37.5. The van der Waals surface area contributed by atoms with Crippen LogP contribution in [0.15, 0.2) is 42.6 Å². The van der Waals surface area contributed by atoms with Crippen LogP contribution in [-0.2, 0) is 4.79 Å². The van der Waals surface area contributed by atoms with Gasteiger partial charge in [0.2, 0.25) is 5.91 Å². The van der Waals surface area contributed by atoms with Crippen molar-refractivity contribution in [3.05, 3.63) is 53.9 Å². The largest absolute Gasteiger partial charge is 0.491 e. The van der Waals surface area contributed by atoms with E-state index >= 15 is 0 Å². The summed E-state index contributed by atoms with van der Waals surface area (Å²) in [5, 5.41) is 2.87. The number of benzene rings is 1. The van der Waals surface area contributed by atoms with Gasteiger partial charge in [0.15, 0.2) is 0 Å². The van der Waals surface area contributed by atoms with E-state index in [2.05, 4.69) is 10.3 Å². The van der Waals surface area contributed by atoms with E-state index in [0.717, 1.165) is 36.3 Å². The molecule has 31 heavy (non-hydrogen) atoms. The number of hydrogen-bond acceptors (Lipinski definition) is 4. The minimum atomic E-state index is -2.56. The van der Waals surface area contributed by atoms with E-state index in [0.29, 0.717) is 11.7 Å². The Labute approximate surface area is 181 Å². The molecule has 1 aromatic carbocycles. The lowest BCUT2D eigenvalue weighted by Crippen LogP contribution is -2.23. The molecule has 2 aliphatic carbocycles. The van der Waals surface area contributed by atoms with Crippen molar-refractivity contribution in [2.75, 3.05) is 6.61 Å². The molecule has 0 radical (unpaired) electrons. The van der Waals surface area contributed by atoms with E-state index in [-0.39, 0.29) is 31.1 Å². The third-order valence-electron chi connectivity index (χ3n) is 6.07. The van der Waals surface area contributed by atoms with E-state index in [1.54, 1.807) is 6.20 Å². The van der Waals surface area contributed by atoms with Gasteiger partial charge in [0, 0.05) is 25.0 Å². The Morgan fingerprint density at radius 3 is 2.52 bits per heavy atom. The van der Waals surface area contributed by atoms with Crippen LogP contribution < -0.4 is 14.8 Å². The number of halogens is 2. The molecule has 2 fully saturated rings. The molecule has 0 aliphatic heterocycles. The smallest absolute Gasteiger partial charge is 0.255 e. The fourth-order valence-electron chi connectivity index (χ4n) is 4.10. The number of carbonyl (C=O) groups excluding carboxylic acids is 1. The number of amides is 1. The number of nitrogens with zero attached hydrogens (tertiary/aromatic N) is 1. The van der Waals surface area contributed by atoms with E-state index < -0.39 is 11.8 Å². The molecule has 4 rings (SSSR count). The van der Waals surface area contributed by atoms with Crippen LogP contribution in [0.5, 0.6) is 11.5 Å². The van der Waals surface area contributed by atoms with Crippen molar-refractivity contribution in [1.82, 2.24) is 10.3 Å². The normalized spacial score (nSPS) is 25.0. The van der Waals surface area contributed by atoms with E-state index in [1.807, 2.05) is 43.3 Å². The first-order chi connectivity index (χ1) is 14.8. The minimum absolute atomic E-state index is 0.0375. The first-order valence-electron chi connectivity index (χ1n) is 10.8. The monoisotopic (exact) mass is 430 g/mol. The Morgan fingerprint density at radius 1 is 1.19 bits per heavy atom. The molecule has 0 bridgehead atoms. The highest BCUT2D eigenvalue weighted by molar-refractivity contribution is 5.73. The molecule has 166 valence electrons. The van der Waals surface area contributed by atoms with E-state index in [9.17, 15) is 13.6 Å². The lowest BCUT2D eigenvalue weighted by atomic mass is 10.0. The molecule has 2 aromatic rings. The quantitative estimate of drug-likeness (QED) is 0.638. The maximum atomic E-state index is 12.9. The number of nitrogens with one attached hydrogen (secondary N) is 1. The van der Waals surface area contributed by atoms with Crippen LogP contribution in [0.3, 0.4) is 0 Å². The zero-order chi connectivity index (χ0) is 22.0. The summed E-state index contributed by atoms with van der Waals surface area (Å²) in [6.07, 6.45) is 4.48. The molecule has 4 atom stereocenters. The Bertz CT molecular complexity index is 902. The zero-order valence-corrected chi connectivity index (χ0v) is 17.8. The average Bonchev–Trinajstić information content (AvgIpc) is 3.11. The van der Waals surface area contributed by atoms with Crippen molar-refractivity contribution in [2.24, 2.45) is 5.92 Å². The van der Waals surface area contributed by atoms with Gasteiger partial charge in [-0.25, -0.2) is 8.78 Å². The number of hydrogen-bond donors (Lipinski definition) is 1. The first-order valence-corrected chi connectivity index (χ1v) is 10.8. The van der Waals surface area contributed by atoms with Crippen LogP contribution in [-0.4, -0.2) is 29.5 Å². The Balaban J connectivity index is 1.26. The van der Waals surface area contributed by atoms with Gasteiger partial charge in [-0.05, 0) is 56.0 Å². The van der Waals surface area contributed by atoms with Crippen LogP contribution in [0, 0.1) is 5.92 Å². The number of ether oxygens (including phenoxy) is 2. The molecule has 2 unspecified atom stereocenters. The number of aromatic nitrogens is 1. The summed E-state index contributed by atoms with van der Waals surface area (Å²) >= 11 is 0. The highest BCUT2D eigenvalue weighted by atomic mass is 19.3. The lowest BCUT2D eigenvalue weighted by molar-refractivity contribution is -0.119. The average molecular weight is 430 g/mol. The van der Waals surface area contributed by atoms with Crippen molar-refractivity contribution in [3.63, 3.8) is 0 Å². The molecule has 2 saturated carbocycles. The number of alkyl halides is 2. The first kappa shape index (κ1) is 21.5. The van der Waals surface area contributed by atoms with Crippen molar-refractivity contribution in [2.45, 2.75) is 63.5 Å². The second-order valence-electron chi connectivity index (χ2n) is 8.63. The van der Waals surface area contributed by atoms with Gasteiger partial charge in [-0.15, -0.1) is 0 Å². The maximum absolute atomic E-state index is 12.9. The van der Waals surface area contributed by atoms with E-state index in [4.69, 9.17) is 9.47 Å². The van der Waals surface area contributed by atoms with E-state index in [1.165, 1.54) is 6.92 Å². The number of carbonyl (C=O) groups is 1. The highest BCUT2D eigenvalue weighted by Gasteiger charge is 2.57. The third-order valence-corrected chi connectivity index (χ3v) is 6.07. The second-order valence-corrected chi connectivity index (χ2v) is 8.63. The van der Waals surface area contributed by atoms with Gasteiger partial charge in [-0.1, -0.05) is 12.1 Å². The summed E-state index contributed by atoms with van der Waals surface area (Å²) in [5.41, 5.74) is 2.01. The van der Waals surface area contributed by atoms with Crippen LogP contribution in [0.1, 0.15) is 62.7 Å². The summed E-state index contributed by atoms with van der Waals surface area (Å²) in [4.78, 5) is 15.7. The molecule has 1 aromatic heterocycles. The fraction of sp³-hybridized carbons (Fsp3) is 0.500. The minimum Gasteiger partial charge on any atom is -0.491 e. The van der Waals surface area contributed by atoms with Gasteiger partial charge >= 0.3 is 0 Å². The molecule has 0 saturated heterocycles. The molecule has 5 nitrogen and oxygen atoms in total. The number of pyridine rings is 1. The van der Waals surface area contributed by atoms with Crippen LogP contribution in [0.2, 0.25) is 0 Å². The SMILES string of the molecule is CC(=O)N[C@@H](C)c1ccc(O[C@@H]2CCC(c3ccc(OCC4CC4(F)F)cn3)C2)cc1.